The summed E-state index contributed by atoms with van der Waals surface area (Å²) in [5, 5.41) is 2.86. The molecule has 2 rings (SSSR count). The molecule has 1 N–H and O–H groups in total. The van der Waals surface area contributed by atoms with E-state index < -0.39 is 0 Å². The van der Waals surface area contributed by atoms with Crippen molar-refractivity contribution in [1.29, 1.82) is 0 Å². The Labute approximate surface area is 148 Å². The molecule has 2 amide bonds. The van der Waals surface area contributed by atoms with Gasteiger partial charge in [0.05, 0.1) is 18.7 Å². The second-order valence-electron chi connectivity index (χ2n) is 5.89. The minimum Gasteiger partial charge on any atom is -0.493 e. The number of nitrogens with one attached hydrogen (secondary N) is 1. The molecule has 132 valence electrons. The van der Waals surface area contributed by atoms with Crippen molar-refractivity contribution >= 4 is 17.5 Å². The van der Waals surface area contributed by atoms with Gasteiger partial charge in [0.25, 0.3) is 5.91 Å². The lowest BCUT2D eigenvalue weighted by atomic mass is 10.1. The lowest BCUT2D eigenvalue weighted by molar-refractivity contribution is -0.116. The lowest BCUT2D eigenvalue weighted by Crippen LogP contribution is -2.35. The summed E-state index contributed by atoms with van der Waals surface area (Å²) in [6.45, 7) is 6.25. The zero-order valence-electron chi connectivity index (χ0n) is 15.1. The number of ether oxygens (including phenoxy) is 1. The number of para-hydroxylation sites is 1. The molecule has 0 aliphatic carbocycles. The number of carbonyl (C=O) groups excluding carboxylic acids is 2. The molecule has 0 aliphatic heterocycles. The van der Waals surface area contributed by atoms with Crippen molar-refractivity contribution < 1.29 is 14.3 Å². The fourth-order valence-electron chi connectivity index (χ4n) is 2.49. The van der Waals surface area contributed by atoms with Gasteiger partial charge in [-0.25, -0.2) is 0 Å². The first-order valence-corrected chi connectivity index (χ1v) is 8.27. The summed E-state index contributed by atoms with van der Waals surface area (Å²) in [5.74, 6) is 0.0374. The van der Waals surface area contributed by atoms with Crippen LogP contribution in [0.3, 0.4) is 0 Å². The third kappa shape index (κ3) is 4.59. The number of rotatable bonds is 6. The Bertz CT molecular complexity index is 771. The quantitative estimate of drug-likeness (QED) is 0.877. The van der Waals surface area contributed by atoms with Crippen LogP contribution in [0.5, 0.6) is 5.75 Å². The van der Waals surface area contributed by atoms with E-state index in [4.69, 9.17) is 4.74 Å². The van der Waals surface area contributed by atoms with Crippen LogP contribution in [0, 0.1) is 13.8 Å². The summed E-state index contributed by atoms with van der Waals surface area (Å²) in [6.07, 6.45) is 0. The van der Waals surface area contributed by atoms with Crippen molar-refractivity contribution in [2.24, 2.45) is 0 Å². The van der Waals surface area contributed by atoms with Crippen molar-refractivity contribution in [3.05, 3.63) is 59.2 Å². The number of nitrogens with zero attached hydrogens (tertiary/aromatic N) is 1. The van der Waals surface area contributed by atoms with Gasteiger partial charge in [0, 0.05) is 12.7 Å². The van der Waals surface area contributed by atoms with E-state index in [0.29, 0.717) is 17.9 Å². The molecular formula is C20H24N2O3. The summed E-state index contributed by atoms with van der Waals surface area (Å²) in [5.41, 5.74) is 3.34. The molecule has 25 heavy (non-hydrogen) atoms. The second-order valence-corrected chi connectivity index (χ2v) is 5.89. The van der Waals surface area contributed by atoms with Gasteiger partial charge in [-0.3, -0.25) is 9.59 Å². The average molecular weight is 340 g/mol. The SMILES string of the molecule is CCOc1ccccc1C(=O)N(C)CC(=O)Nc1cccc(C)c1C. The number of amides is 2. The van der Waals surface area contributed by atoms with Crippen LogP contribution < -0.4 is 10.1 Å². The van der Waals surface area contributed by atoms with Crippen molar-refractivity contribution in [2.45, 2.75) is 20.8 Å². The van der Waals surface area contributed by atoms with Gasteiger partial charge in [0.1, 0.15) is 5.75 Å². The largest absolute Gasteiger partial charge is 0.493 e. The summed E-state index contributed by atoms with van der Waals surface area (Å²) in [4.78, 5) is 26.3. The van der Waals surface area contributed by atoms with E-state index in [9.17, 15) is 9.59 Å². The van der Waals surface area contributed by atoms with Crippen LogP contribution in [0.15, 0.2) is 42.5 Å². The first-order valence-electron chi connectivity index (χ1n) is 8.27. The van der Waals surface area contributed by atoms with E-state index in [1.807, 2.05) is 45.0 Å². The molecule has 2 aromatic carbocycles. The van der Waals surface area contributed by atoms with Gasteiger partial charge in [0.15, 0.2) is 0 Å². The molecule has 0 aliphatic rings. The molecule has 0 atom stereocenters. The molecule has 0 fully saturated rings. The van der Waals surface area contributed by atoms with E-state index in [1.165, 1.54) is 4.90 Å². The Morgan fingerprint density at radius 1 is 1.08 bits per heavy atom. The summed E-state index contributed by atoms with van der Waals surface area (Å²) in [6, 6.07) is 12.8. The highest BCUT2D eigenvalue weighted by Crippen LogP contribution is 2.20. The predicted octanol–water partition coefficient (Wildman–Crippen LogP) is 3.41. The lowest BCUT2D eigenvalue weighted by Gasteiger charge is -2.19. The van der Waals surface area contributed by atoms with E-state index in [0.717, 1.165) is 16.8 Å². The number of hydrogen-bond acceptors (Lipinski definition) is 3. The summed E-state index contributed by atoms with van der Waals surface area (Å²) >= 11 is 0. The third-order valence-corrected chi connectivity index (χ3v) is 4.02. The normalized spacial score (nSPS) is 10.2. The molecule has 0 radical (unpaired) electrons. The highest BCUT2D eigenvalue weighted by atomic mass is 16.5. The average Bonchev–Trinajstić information content (AvgIpc) is 2.59. The van der Waals surface area contributed by atoms with Gasteiger partial charge < -0.3 is 15.0 Å². The number of anilines is 1. The Morgan fingerprint density at radius 2 is 1.80 bits per heavy atom. The monoisotopic (exact) mass is 340 g/mol. The first kappa shape index (κ1) is 18.5. The van der Waals surface area contributed by atoms with Crippen LogP contribution in [-0.4, -0.2) is 36.9 Å². The second kappa shape index (κ2) is 8.33. The van der Waals surface area contributed by atoms with Gasteiger partial charge in [-0.2, -0.15) is 0 Å². The van der Waals surface area contributed by atoms with Gasteiger partial charge >= 0.3 is 0 Å². The Balaban J connectivity index is 2.06. The Kier molecular flexibility index (Phi) is 6.17. The van der Waals surface area contributed by atoms with Crippen LogP contribution in [0.25, 0.3) is 0 Å². The van der Waals surface area contributed by atoms with Crippen LogP contribution in [-0.2, 0) is 4.79 Å². The van der Waals surface area contributed by atoms with Gasteiger partial charge in [0.2, 0.25) is 5.91 Å². The van der Waals surface area contributed by atoms with Crippen LogP contribution >= 0.6 is 0 Å². The summed E-state index contributed by atoms with van der Waals surface area (Å²) < 4.78 is 5.49. The third-order valence-electron chi connectivity index (χ3n) is 4.02. The van der Waals surface area contributed by atoms with Gasteiger partial charge in [-0.05, 0) is 50.1 Å². The van der Waals surface area contributed by atoms with Crippen molar-refractivity contribution in [1.82, 2.24) is 4.90 Å². The maximum atomic E-state index is 12.6. The smallest absolute Gasteiger partial charge is 0.257 e. The van der Waals surface area contributed by atoms with E-state index in [2.05, 4.69) is 5.32 Å². The van der Waals surface area contributed by atoms with Gasteiger partial charge in [-0.1, -0.05) is 24.3 Å². The van der Waals surface area contributed by atoms with E-state index in [1.54, 1.807) is 25.2 Å². The fourth-order valence-corrected chi connectivity index (χ4v) is 2.49. The standard InChI is InChI=1S/C20H24N2O3/c1-5-25-18-12-7-6-10-16(18)20(24)22(4)13-19(23)21-17-11-8-9-14(2)15(17)3/h6-12H,5,13H2,1-4H3,(H,21,23). The predicted molar refractivity (Wildman–Crippen MR) is 99.1 cm³/mol. The zero-order chi connectivity index (χ0) is 18.4. The van der Waals surface area contributed by atoms with E-state index in [-0.39, 0.29) is 18.4 Å². The first-order chi connectivity index (χ1) is 11.9. The molecule has 0 bridgehead atoms. The van der Waals surface area contributed by atoms with Crippen molar-refractivity contribution in [2.75, 3.05) is 25.5 Å². The number of aryl methyl sites for hydroxylation is 1. The Morgan fingerprint density at radius 3 is 2.52 bits per heavy atom. The van der Waals surface area contributed by atoms with Crippen molar-refractivity contribution in [3.63, 3.8) is 0 Å². The molecule has 5 nitrogen and oxygen atoms in total. The molecule has 0 saturated carbocycles. The highest BCUT2D eigenvalue weighted by molar-refractivity contribution is 6.01. The number of benzene rings is 2. The Hall–Kier alpha value is -2.82. The molecular weight excluding hydrogens is 316 g/mol. The van der Waals surface area contributed by atoms with Crippen molar-refractivity contribution in [3.8, 4) is 5.75 Å². The number of hydrogen-bond donors (Lipinski definition) is 1. The van der Waals surface area contributed by atoms with Gasteiger partial charge in [-0.15, -0.1) is 0 Å². The zero-order valence-corrected chi connectivity index (χ0v) is 15.1. The molecule has 0 heterocycles. The fraction of sp³-hybridized carbons (Fsp3) is 0.300. The minimum atomic E-state index is -0.250. The van der Waals surface area contributed by atoms with Crippen LogP contribution in [0.1, 0.15) is 28.4 Å². The molecule has 0 saturated heterocycles. The number of likely N-dealkylation sites (N-methyl/N-ethyl adjacent to an activating group) is 1. The number of carbonyl (C=O) groups is 2. The topological polar surface area (TPSA) is 58.6 Å². The van der Waals surface area contributed by atoms with Crippen LogP contribution in [0.2, 0.25) is 0 Å². The van der Waals surface area contributed by atoms with E-state index >= 15 is 0 Å². The molecule has 5 heteroatoms. The maximum Gasteiger partial charge on any atom is 0.257 e. The summed E-state index contributed by atoms with van der Waals surface area (Å²) in [7, 11) is 1.60. The van der Waals surface area contributed by atoms with Crippen LogP contribution in [0.4, 0.5) is 5.69 Å². The molecule has 0 unspecified atom stereocenters. The maximum absolute atomic E-state index is 12.6. The molecule has 0 aromatic heterocycles. The molecule has 2 aromatic rings. The molecule has 0 spiro atoms. The highest BCUT2D eigenvalue weighted by Gasteiger charge is 2.19. The minimum absolute atomic E-state index is 0.0350.